The Morgan fingerprint density at radius 2 is 2.00 bits per heavy atom. The number of aryl methyl sites for hydroxylation is 1. The molecule has 5 nitrogen and oxygen atoms in total. The number of anilines is 1. The number of aromatic nitrogens is 2. The van der Waals surface area contributed by atoms with Crippen molar-refractivity contribution in [3.8, 4) is 0 Å². The van der Waals surface area contributed by atoms with E-state index in [-0.39, 0.29) is 37.8 Å². The zero-order valence-electron chi connectivity index (χ0n) is 12.6. The highest BCUT2D eigenvalue weighted by atomic mass is 32.1. The molecule has 2 aliphatic rings. The third kappa shape index (κ3) is 3.37. The normalized spacial score (nSPS) is 25.3. The quantitative estimate of drug-likeness (QED) is 0.835. The summed E-state index contributed by atoms with van der Waals surface area (Å²) in [5, 5.41) is 9.90. The number of carbonyl (C=O) groups is 1. The van der Waals surface area contributed by atoms with Gasteiger partial charge < -0.3 is 9.80 Å². The number of amides is 1. The lowest BCUT2D eigenvalue weighted by Gasteiger charge is -2.37. The number of hydrogen-bond donors (Lipinski definition) is 0. The molecule has 1 amide bonds. The highest BCUT2D eigenvalue weighted by Gasteiger charge is 2.38. The van der Waals surface area contributed by atoms with Gasteiger partial charge in [0.05, 0.1) is 5.92 Å². The largest absolute Gasteiger partial charge is 0.346 e. The summed E-state index contributed by atoms with van der Waals surface area (Å²) in [6.45, 7) is 3.72. The van der Waals surface area contributed by atoms with Crippen molar-refractivity contribution in [3.05, 3.63) is 5.01 Å². The van der Waals surface area contributed by atoms with E-state index in [1.807, 2.05) is 6.92 Å². The number of rotatable bonds is 2. The number of hydrogen-bond acceptors (Lipinski definition) is 5. The maximum atomic E-state index is 13.2. The lowest BCUT2D eigenvalue weighted by atomic mass is 9.95. The van der Waals surface area contributed by atoms with Gasteiger partial charge in [-0.2, -0.15) is 0 Å². The van der Waals surface area contributed by atoms with Crippen molar-refractivity contribution in [3.63, 3.8) is 0 Å². The predicted molar refractivity (Wildman–Crippen MR) is 80.3 cm³/mol. The van der Waals surface area contributed by atoms with Gasteiger partial charge in [-0.25, -0.2) is 8.78 Å². The summed E-state index contributed by atoms with van der Waals surface area (Å²) in [4.78, 5) is 16.3. The van der Waals surface area contributed by atoms with Gasteiger partial charge in [-0.1, -0.05) is 11.3 Å². The van der Waals surface area contributed by atoms with Crippen LogP contribution in [-0.2, 0) is 4.79 Å². The Morgan fingerprint density at radius 1 is 1.27 bits per heavy atom. The Balaban J connectivity index is 1.61. The number of carbonyl (C=O) groups excluding carboxylic acids is 1. The molecule has 3 rings (SSSR count). The van der Waals surface area contributed by atoms with Gasteiger partial charge in [0.1, 0.15) is 5.01 Å². The summed E-state index contributed by atoms with van der Waals surface area (Å²) in [5.74, 6) is -2.72. The number of nitrogens with zero attached hydrogens (tertiary/aromatic N) is 4. The molecule has 22 heavy (non-hydrogen) atoms. The van der Waals surface area contributed by atoms with Crippen LogP contribution in [0.2, 0.25) is 0 Å². The van der Waals surface area contributed by atoms with Crippen molar-refractivity contribution in [2.45, 2.75) is 38.5 Å². The van der Waals surface area contributed by atoms with Crippen molar-refractivity contribution in [1.29, 1.82) is 0 Å². The first-order chi connectivity index (χ1) is 10.4. The first-order valence-corrected chi connectivity index (χ1v) is 8.48. The van der Waals surface area contributed by atoms with Crippen molar-refractivity contribution < 1.29 is 13.6 Å². The minimum absolute atomic E-state index is 0.0152. The lowest BCUT2D eigenvalue weighted by Crippen LogP contribution is -2.49. The molecular weight excluding hydrogens is 310 g/mol. The molecule has 122 valence electrons. The minimum Gasteiger partial charge on any atom is -0.346 e. The highest BCUT2D eigenvalue weighted by Crippen LogP contribution is 2.31. The van der Waals surface area contributed by atoms with Gasteiger partial charge in [0.15, 0.2) is 0 Å². The van der Waals surface area contributed by atoms with Gasteiger partial charge in [0.25, 0.3) is 5.92 Å². The monoisotopic (exact) mass is 330 g/mol. The average Bonchev–Trinajstić information content (AvgIpc) is 2.93. The molecule has 2 saturated heterocycles. The third-order valence-corrected chi connectivity index (χ3v) is 5.26. The van der Waals surface area contributed by atoms with E-state index in [0.717, 1.165) is 29.5 Å². The molecule has 0 aliphatic carbocycles. The summed E-state index contributed by atoms with van der Waals surface area (Å²) in [7, 11) is 0. The van der Waals surface area contributed by atoms with Gasteiger partial charge >= 0.3 is 0 Å². The van der Waals surface area contributed by atoms with Crippen LogP contribution in [0.1, 0.15) is 30.7 Å². The molecule has 0 spiro atoms. The smallest absolute Gasteiger partial charge is 0.251 e. The fourth-order valence-corrected chi connectivity index (χ4v) is 3.80. The molecule has 1 aromatic rings. The first kappa shape index (κ1) is 15.6. The number of alkyl halides is 2. The van der Waals surface area contributed by atoms with E-state index in [4.69, 9.17) is 0 Å². The Hall–Kier alpha value is -1.31. The van der Waals surface area contributed by atoms with Gasteiger partial charge in [-0.05, 0) is 19.8 Å². The second-order valence-electron chi connectivity index (χ2n) is 6.07. The Kier molecular flexibility index (Phi) is 4.29. The lowest BCUT2D eigenvalue weighted by molar-refractivity contribution is -0.141. The fourth-order valence-electron chi connectivity index (χ4n) is 3.08. The van der Waals surface area contributed by atoms with Crippen LogP contribution in [0.4, 0.5) is 13.9 Å². The van der Waals surface area contributed by atoms with Crippen LogP contribution in [0, 0.1) is 12.8 Å². The number of halogens is 2. The van der Waals surface area contributed by atoms with E-state index >= 15 is 0 Å². The summed E-state index contributed by atoms with van der Waals surface area (Å²) in [6, 6.07) is 0. The summed E-state index contributed by atoms with van der Waals surface area (Å²) in [6.07, 6.45) is 1.30. The van der Waals surface area contributed by atoms with Crippen molar-refractivity contribution in [2.24, 2.45) is 5.92 Å². The summed E-state index contributed by atoms with van der Waals surface area (Å²) < 4.78 is 26.4. The van der Waals surface area contributed by atoms with E-state index < -0.39 is 5.92 Å². The topological polar surface area (TPSA) is 49.3 Å². The van der Waals surface area contributed by atoms with Crippen LogP contribution in [0.5, 0.6) is 0 Å². The Labute approximate surface area is 132 Å². The van der Waals surface area contributed by atoms with Gasteiger partial charge in [0, 0.05) is 39.0 Å². The number of piperidine rings is 2. The standard InChI is InChI=1S/C14H20F2N4OS/c1-10-17-18-13(22-10)20-6-2-3-11(9-20)12(21)19-7-4-14(15,16)5-8-19/h11H,2-9H2,1H3. The first-order valence-electron chi connectivity index (χ1n) is 7.66. The molecule has 1 atom stereocenters. The molecular formula is C14H20F2N4OS. The average molecular weight is 330 g/mol. The van der Waals surface area contributed by atoms with E-state index in [9.17, 15) is 13.6 Å². The Morgan fingerprint density at radius 3 is 2.64 bits per heavy atom. The van der Waals surface area contributed by atoms with Gasteiger partial charge in [-0.15, -0.1) is 10.2 Å². The van der Waals surface area contributed by atoms with Crippen LogP contribution in [0.15, 0.2) is 0 Å². The van der Waals surface area contributed by atoms with Crippen LogP contribution in [0.25, 0.3) is 0 Å². The molecule has 1 aromatic heterocycles. The van der Waals surface area contributed by atoms with Crippen LogP contribution in [-0.4, -0.2) is 53.1 Å². The molecule has 3 heterocycles. The van der Waals surface area contributed by atoms with Gasteiger partial charge in [-0.3, -0.25) is 4.79 Å². The fraction of sp³-hybridized carbons (Fsp3) is 0.786. The molecule has 0 radical (unpaired) electrons. The molecule has 8 heteroatoms. The molecule has 0 N–H and O–H groups in total. The SMILES string of the molecule is Cc1nnc(N2CCCC(C(=O)N3CCC(F)(F)CC3)C2)s1. The van der Waals surface area contributed by atoms with E-state index in [2.05, 4.69) is 15.1 Å². The Bertz CT molecular complexity index is 541. The third-order valence-electron chi connectivity index (χ3n) is 4.36. The molecule has 0 aromatic carbocycles. The maximum absolute atomic E-state index is 13.2. The zero-order chi connectivity index (χ0) is 15.7. The summed E-state index contributed by atoms with van der Waals surface area (Å²) in [5.41, 5.74) is 0. The maximum Gasteiger partial charge on any atom is 0.251 e. The highest BCUT2D eigenvalue weighted by molar-refractivity contribution is 7.15. The van der Waals surface area contributed by atoms with Crippen LogP contribution < -0.4 is 4.90 Å². The van der Waals surface area contributed by atoms with Crippen LogP contribution in [0.3, 0.4) is 0 Å². The molecule has 2 aliphatic heterocycles. The predicted octanol–water partition coefficient (Wildman–Crippen LogP) is 2.32. The van der Waals surface area contributed by atoms with Gasteiger partial charge in [0.2, 0.25) is 11.0 Å². The van der Waals surface area contributed by atoms with E-state index in [1.54, 1.807) is 4.90 Å². The number of likely N-dealkylation sites (tertiary alicyclic amines) is 1. The van der Waals surface area contributed by atoms with Crippen LogP contribution >= 0.6 is 11.3 Å². The van der Waals surface area contributed by atoms with E-state index in [1.165, 1.54) is 11.3 Å². The molecule has 0 bridgehead atoms. The van der Waals surface area contributed by atoms with E-state index in [0.29, 0.717) is 6.54 Å². The molecule has 1 unspecified atom stereocenters. The van der Waals surface area contributed by atoms with Crippen molar-refractivity contribution in [1.82, 2.24) is 15.1 Å². The minimum atomic E-state index is -2.61. The molecule has 2 fully saturated rings. The zero-order valence-corrected chi connectivity index (χ0v) is 13.4. The van der Waals surface area contributed by atoms with Crippen molar-refractivity contribution in [2.75, 3.05) is 31.1 Å². The molecule has 0 saturated carbocycles. The summed E-state index contributed by atoms with van der Waals surface area (Å²) >= 11 is 1.52. The van der Waals surface area contributed by atoms with Crippen molar-refractivity contribution >= 4 is 22.4 Å². The second-order valence-corrected chi connectivity index (χ2v) is 7.23. The second kappa shape index (κ2) is 6.06.